The molecule has 3 rings (SSSR count). The normalized spacial score (nSPS) is 12.6. The number of benzene rings is 3. The second kappa shape index (κ2) is 11.0. The minimum absolute atomic E-state index is 0.0764. The molecule has 0 aromatic heterocycles. The number of anilines is 1. The van der Waals surface area contributed by atoms with E-state index in [0.29, 0.717) is 5.69 Å². The van der Waals surface area contributed by atoms with Crippen molar-refractivity contribution in [1.82, 2.24) is 10.0 Å². The van der Waals surface area contributed by atoms with Crippen molar-refractivity contribution in [2.45, 2.75) is 43.7 Å². The van der Waals surface area contributed by atoms with Crippen molar-refractivity contribution in [1.29, 1.82) is 0 Å². The van der Waals surface area contributed by atoms with Crippen LogP contribution in [0.1, 0.15) is 36.7 Å². The molecule has 0 aliphatic carbocycles. The van der Waals surface area contributed by atoms with E-state index in [1.54, 1.807) is 27.8 Å². The Labute approximate surface area is 211 Å². The van der Waals surface area contributed by atoms with E-state index in [2.05, 4.69) is 10.0 Å². The molecule has 7 nitrogen and oxygen atoms in total. The molecule has 0 unspecified atom stereocenters. The first kappa shape index (κ1) is 27.0. The highest BCUT2D eigenvalue weighted by Gasteiger charge is 2.27. The van der Waals surface area contributed by atoms with Gasteiger partial charge < -0.3 is 10.2 Å². The van der Waals surface area contributed by atoms with Crippen LogP contribution in [0.15, 0.2) is 83.8 Å². The Morgan fingerprint density at radius 3 is 2.06 bits per heavy atom. The first-order chi connectivity index (χ1) is 16.9. The second-order valence-corrected chi connectivity index (χ2v) is 11.2. The van der Waals surface area contributed by atoms with E-state index in [1.165, 1.54) is 53.4 Å². The molecule has 0 spiro atoms. The van der Waals surface area contributed by atoms with Crippen LogP contribution in [0.2, 0.25) is 0 Å². The topological polar surface area (TPSA) is 95.6 Å². The van der Waals surface area contributed by atoms with Gasteiger partial charge in [-0.3, -0.25) is 9.59 Å². The molecule has 0 saturated carbocycles. The highest BCUT2D eigenvalue weighted by Crippen LogP contribution is 2.20. The Hall–Kier alpha value is -3.56. The smallest absolute Gasteiger partial charge is 0.251 e. The number of likely N-dealkylation sites (N-methyl/N-ethyl adjacent to an activating group) is 1. The van der Waals surface area contributed by atoms with Crippen LogP contribution in [0.4, 0.5) is 10.1 Å². The predicted octanol–water partition coefficient (Wildman–Crippen LogP) is 3.91. The molecule has 9 heteroatoms. The number of carbonyl (C=O) groups excluding carboxylic acids is 2. The number of hydrogen-bond acceptors (Lipinski definition) is 4. The Morgan fingerprint density at radius 2 is 1.50 bits per heavy atom. The van der Waals surface area contributed by atoms with Crippen LogP contribution >= 0.6 is 0 Å². The zero-order valence-corrected chi connectivity index (χ0v) is 21.5. The number of nitrogens with one attached hydrogen (secondary N) is 2. The van der Waals surface area contributed by atoms with Crippen LogP contribution in [-0.2, 0) is 21.2 Å². The maximum atomic E-state index is 13.5. The Morgan fingerprint density at radius 1 is 0.917 bits per heavy atom. The average Bonchev–Trinajstić information content (AvgIpc) is 2.82. The summed E-state index contributed by atoms with van der Waals surface area (Å²) in [5, 5.41) is 2.75. The molecule has 190 valence electrons. The zero-order valence-electron chi connectivity index (χ0n) is 20.7. The van der Waals surface area contributed by atoms with Crippen LogP contribution < -0.4 is 14.9 Å². The summed E-state index contributed by atoms with van der Waals surface area (Å²) in [5.74, 6) is -1.36. The molecule has 0 saturated heterocycles. The van der Waals surface area contributed by atoms with E-state index in [-0.39, 0.29) is 16.9 Å². The molecule has 0 aliphatic rings. The number of sulfonamides is 1. The third kappa shape index (κ3) is 7.22. The third-order valence-corrected chi connectivity index (χ3v) is 7.07. The van der Waals surface area contributed by atoms with E-state index in [0.717, 1.165) is 5.56 Å². The molecule has 3 aromatic carbocycles. The van der Waals surface area contributed by atoms with Crippen molar-refractivity contribution in [3.05, 3.63) is 95.8 Å². The Balaban J connectivity index is 1.83. The fourth-order valence-electron chi connectivity index (χ4n) is 3.56. The minimum Gasteiger partial charge on any atom is -0.340 e. The lowest BCUT2D eigenvalue weighted by Gasteiger charge is -2.25. The molecule has 0 bridgehead atoms. The molecule has 0 aliphatic heterocycles. The predicted molar refractivity (Wildman–Crippen MR) is 138 cm³/mol. The van der Waals surface area contributed by atoms with Gasteiger partial charge in [0.15, 0.2) is 0 Å². The number of rotatable bonds is 8. The summed E-state index contributed by atoms with van der Waals surface area (Å²) < 4.78 is 41.0. The molecule has 3 aromatic rings. The summed E-state index contributed by atoms with van der Waals surface area (Å²) in [6, 6.07) is 19.3. The number of amides is 2. The second-order valence-electron chi connectivity index (χ2n) is 9.47. The molecule has 0 heterocycles. The van der Waals surface area contributed by atoms with Crippen LogP contribution in [0.25, 0.3) is 0 Å². The maximum absolute atomic E-state index is 13.5. The van der Waals surface area contributed by atoms with Crippen LogP contribution in [0.3, 0.4) is 0 Å². The quantitative estimate of drug-likeness (QED) is 0.479. The molecule has 2 N–H and O–H groups in total. The molecule has 0 fully saturated rings. The van der Waals surface area contributed by atoms with Gasteiger partial charge in [0.25, 0.3) is 5.91 Å². The summed E-state index contributed by atoms with van der Waals surface area (Å²) >= 11 is 0. The molecule has 2 amide bonds. The Bertz CT molecular complexity index is 1300. The van der Waals surface area contributed by atoms with E-state index in [4.69, 9.17) is 0 Å². The van der Waals surface area contributed by atoms with Crippen molar-refractivity contribution in [3.8, 4) is 0 Å². The van der Waals surface area contributed by atoms with E-state index < -0.39 is 39.2 Å². The van der Waals surface area contributed by atoms with Crippen LogP contribution in [0.5, 0.6) is 0 Å². The lowest BCUT2D eigenvalue weighted by Crippen LogP contribution is -2.48. The highest BCUT2D eigenvalue weighted by molar-refractivity contribution is 7.89. The lowest BCUT2D eigenvalue weighted by molar-refractivity contribution is -0.120. The monoisotopic (exact) mass is 511 g/mol. The molecule has 1 atom stereocenters. The maximum Gasteiger partial charge on any atom is 0.251 e. The van der Waals surface area contributed by atoms with E-state index in [1.807, 2.05) is 30.3 Å². The third-order valence-electron chi connectivity index (χ3n) is 5.30. The molecular weight excluding hydrogens is 481 g/mol. The summed E-state index contributed by atoms with van der Waals surface area (Å²) in [7, 11) is -2.17. The number of hydrogen-bond donors (Lipinski definition) is 2. The van der Waals surface area contributed by atoms with Gasteiger partial charge in [0.2, 0.25) is 15.9 Å². The van der Waals surface area contributed by atoms with Gasteiger partial charge in [0.05, 0.1) is 4.90 Å². The van der Waals surface area contributed by atoms with Crippen molar-refractivity contribution >= 4 is 27.5 Å². The number of halogens is 1. The number of carbonyl (C=O) groups is 2. The van der Waals surface area contributed by atoms with Gasteiger partial charge in [-0.2, -0.15) is 0 Å². The average molecular weight is 512 g/mol. The summed E-state index contributed by atoms with van der Waals surface area (Å²) in [5.41, 5.74) is 0.894. The van der Waals surface area contributed by atoms with E-state index in [9.17, 15) is 22.4 Å². The van der Waals surface area contributed by atoms with Gasteiger partial charge >= 0.3 is 0 Å². The Kier molecular flexibility index (Phi) is 8.27. The molecule has 36 heavy (non-hydrogen) atoms. The van der Waals surface area contributed by atoms with Gasteiger partial charge in [0.1, 0.15) is 11.9 Å². The standard InChI is InChI=1S/C27H30FN3O4S/c1-27(2,3)30-36(34,35)23-16-14-22(15-17-23)31(4)26(33)24(18-19-8-6-5-7-9-19)29-25(32)20-10-12-21(28)13-11-20/h5-17,24,30H,18H2,1-4H3,(H,29,32)/t24-/m0/s1. The largest absolute Gasteiger partial charge is 0.340 e. The van der Waals surface area contributed by atoms with Crippen molar-refractivity contribution < 1.29 is 22.4 Å². The highest BCUT2D eigenvalue weighted by atomic mass is 32.2. The van der Waals surface area contributed by atoms with Crippen LogP contribution in [-0.4, -0.2) is 38.9 Å². The summed E-state index contributed by atoms with van der Waals surface area (Å²) in [6.45, 7) is 5.25. The summed E-state index contributed by atoms with van der Waals surface area (Å²) in [6.07, 6.45) is 0.235. The summed E-state index contributed by atoms with van der Waals surface area (Å²) in [4.78, 5) is 27.7. The van der Waals surface area contributed by atoms with Crippen LogP contribution in [0, 0.1) is 5.82 Å². The fourth-order valence-corrected chi connectivity index (χ4v) is 4.98. The first-order valence-electron chi connectivity index (χ1n) is 11.4. The van der Waals surface area contributed by atoms with Gasteiger partial charge in [-0.15, -0.1) is 0 Å². The van der Waals surface area contributed by atoms with Gasteiger partial charge in [-0.25, -0.2) is 17.5 Å². The van der Waals surface area contributed by atoms with Gasteiger partial charge in [-0.1, -0.05) is 30.3 Å². The van der Waals surface area contributed by atoms with Gasteiger partial charge in [0, 0.05) is 30.3 Å². The number of nitrogens with zero attached hydrogens (tertiary/aromatic N) is 1. The molecule has 0 radical (unpaired) electrons. The van der Waals surface area contributed by atoms with Crippen molar-refractivity contribution in [2.75, 3.05) is 11.9 Å². The SMILES string of the molecule is CN(C(=O)[C@H](Cc1ccccc1)NC(=O)c1ccc(F)cc1)c1ccc(S(=O)(=O)NC(C)(C)C)cc1. The van der Waals surface area contributed by atoms with E-state index >= 15 is 0 Å². The molecular formula is C27H30FN3O4S. The van der Waals surface area contributed by atoms with Crippen molar-refractivity contribution in [2.24, 2.45) is 0 Å². The minimum atomic E-state index is -3.72. The fraction of sp³-hybridized carbons (Fsp3) is 0.259. The first-order valence-corrected chi connectivity index (χ1v) is 12.9. The van der Waals surface area contributed by atoms with Crippen molar-refractivity contribution in [3.63, 3.8) is 0 Å². The zero-order chi connectivity index (χ0) is 26.5. The van der Waals surface area contributed by atoms with Gasteiger partial charge in [-0.05, 0) is 74.9 Å². The lowest BCUT2D eigenvalue weighted by atomic mass is 10.0.